The van der Waals surface area contributed by atoms with Crippen molar-refractivity contribution in [2.45, 2.75) is 69.2 Å². The third-order valence-corrected chi connectivity index (χ3v) is 8.76. The monoisotopic (exact) mass is 570 g/mol. The first-order chi connectivity index (χ1) is 20.3. The normalized spacial score (nSPS) is 16.9. The number of ether oxygens (including phenoxy) is 2. The molecule has 5 rings (SSSR count). The summed E-state index contributed by atoms with van der Waals surface area (Å²) in [5, 5.41) is 12.9. The molecule has 2 atom stereocenters. The molecule has 220 valence electrons. The number of carboxylic acids is 1. The maximum Gasteiger partial charge on any atom is 0.407 e. The molecule has 1 fully saturated rings. The van der Waals surface area contributed by atoms with Crippen LogP contribution < -0.4 is 5.32 Å². The minimum absolute atomic E-state index is 0.0922. The van der Waals surface area contributed by atoms with Crippen molar-refractivity contribution < 1.29 is 29.0 Å². The minimum atomic E-state index is -1.32. The molecule has 0 aliphatic heterocycles. The number of fused-ring (bicyclic) bond motifs is 3. The summed E-state index contributed by atoms with van der Waals surface area (Å²) in [7, 11) is 1.51. The summed E-state index contributed by atoms with van der Waals surface area (Å²) in [5.74, 6) is -1.69. The molecule has 8 nitrogen and oxygen atoms in total. The fraction of sp³-hybridized carbons (Fsp3) is 0.382. The van der Waals surface area contributed by atoms with Gasteiger partial charge in [0, 0.05) is 13.0 Å². The second kappa shape index (κ2) is 12.8. The third kappa shape index (κ3) is 5.90. The molecular weight excluding hydrogens is 532 g/mol. The number of hydrogen-bond donors (Lipinski definition) is 2. The summed E-state index contributed by atoms with van der Waals surface area (Å²) in [4.78, 5) is 41.0. The Kier molecular flexibility index (Phi) is 8.92. The number of likely N-dealkylation sites (N-methyl/N-ethyl adjacent to an activating group) is 1. The van der Waals surface area contributed by atoms with Crippen molar-refractivity contribution in [3.63, 3.8) is 0 Å². The van der Waals surface area contributed by atoms with Crippen molar-refractivity contribution >= 4 is 18.0 Å². The first kappa shape index (κ1) is 29.3. The van der Waals surface area contributed by atoms with Crippen LogP contribution in [-0.4, -0.2) is 59.3 Å². The summed E-state index contributed by atoms with van der Waals surface area (Å²) in [5.41, 5.74) is 3.99. The topological polar surface area (TPSA) is 105 Å². The number of aliphatic carboxylic acids is 1. The molecule has 2 aliphatic rings. The van der Waals surface area contributed by atoms with E-state index in [0.717, 1.165) is 34.2 Å². The van der Waals surface area contributed by atoms with Crippen LogP contribution in [0.2, 0.25) is 0 Å². The van der Waals surface area contributed by atoms with Gasteiger partial charge in [0.2, 0.25) is 5.91 Å². The standard InChI is InChI=1S/C34H38N2O6/c1-23(41-21-24-13-5-3-6-14-24)30(31(37)36(2)34(32(38)39)19-11-4-12-20-34)35-33(40)42-22-29-27-17-9-7-15-25(27)26-16-8-10-18-28(26)29/h3,5-10,13-18,23,29-30H,4,11-12,19-22H2,1-2H3,(H,35,40)(H,38,39)/t23-,30+/m0/s1. The molecule has 2 amide bonds. The van der Waals surface area contributed by atoms with E-state index in [4.69, 9.17) is 9.47 Å². The van der Waals surface area contributed by atoms with Crippen LogP contribution in [0.5, 0.6) is 0 Å². The number of nitrogens with one attached hydrogen (secondary N) is 1. The van der Waals surface area contributed by atoms with Crippen LogP contribution in [0.3, 0.4) is 0 Å². The van der Waals surface area contributed by atoms with Gasteiger partial charge in [0.1, 0.15) is 18.2 Å². The zero-order valence-corrected chi connectivity index (χ0v) is 24.1. The zero-order valence-electron chi connectivity index (χ0n) is 24.1. The number of rotatable bonds is 10. The number of amides is 2. The molecule has 0 radical (unpaired) electrons. The van der Waals surface area contributed by atoms with Gasteiger partial charge in [-0.05, 0) is 47.6 Å². The quantitative estimate of drug-likeness (QED) is 0.322. The number of carbonyl (C=O) groups excluding carboxylic acids is 2. The molecule has 42 heavy (non-hydrogen) atoms. The van der Waals surface area contributed by atoms with E-state index in [1.807, 2.05) is 66.7 Å². The van der Waals surface area contributed by atoms with Crippen molar-refractivity contribution in [3.8, 4) is 11.1 Å². The lowest BCUT2D eigenvalue weighted by Gasteiger charge is -2.42. The molecule has 3 aromatic rings. The molecular formula is C34H38N2O6. The molecule has 0 aromatic heterocycles. The zero-order chi connectivity index (χ0) is 29.7. The summed E-state index contributed by atoms with van der Waals surface area (Å²) in [6, 6.07) is 24.5. The average molecular weight is 571 g/mol. The van der Waals surface area contributed by atoms with Gasteiger partial charge in [0.15, 0.2) is 0 Å². The molecule has 0 bridgehead atoms. The van der Waals surface area contributed by atoms with E-state index in [9.17, 15) is 19.5 Å². The Bertz CT molecular complexity index is 1370. The van der Waals surface area contributed by atoms with Crippen molar-refractivity contribution in [2.24, 2.45) is 0 Å². The van der Waals surface area contributed by atoms with Gasteiger partial charge in [-0.3, -0.25) is 4.79 Å². The Morgan fingerprint density at radius 2 is 1.48 bits per heavy atom. The lowest BCUT2D eigenvalue weighted by Crippen LogP contribution is -2.62. The van der Waals surface area contributed by atoms with Crippen molar-refractivity contribution in [1.82, 2.24) is 10.2 Å². The van der Waals surface area contributed by atoms with Crippen LogP contribution in [0.15, 0.2) is 78.9 Å². The highest BCUT2D eigenvalue weighted by Crippen LogP contribution is 2.44. The van der Waals surface area contributed by atoms with Gasteiger partial charge in [-0.25, -0.2) is 9.59 Å². The van der Waals surface area contributed by atoms with Gasteiger partial charge in [0.25, 0.3) is 0 Å². The maximum absolute atomic E-state index is 13.9. The Hall–Kier alpha value is -4.17. The number of hydrogen-bond acceptors (Lipinski definition) is 5. The Morgan fingerprint density at radius 3 is 2.07 bits per heavy atom. The van der Waals surface area contributed by atoms with E-state index in [2.05, 4.69) is 17.4 Å². The van der Waals surface area contributed by atoms with Crippen LogP contribution in [0.1, 0.15) is 61.6 Å². The average Bonchev–Trinajstić information content (AvgIpc) is 3.35. The molecule has 0 unspecified atom stereocenters. The number of nitrogens with zero attached hydrogens (tertiary/aromatic N) is 1. The molecule has 8 heteroatoms. The van der Waals surface area contributed by atoms with Crippen LogP contribution in [-0.2, 0) is 25.7 Å². The van der Waals surface area contributed by atoms with E-state index >= 15 is 0 Å². The maximum atomic E-state index is 13.9. The Balaban J connectivity index is 1.33. The molecule has 0 spiro atoms. The van der Waals surface area contributed by atoms with Gasteiger partial charge >= 0.3 is 12.1 Å². The van der Waals surface area contributed by atoms with Gasteiger partial charge in [-0.2, -0.15) is 0 Å². The van der Waals surface area contributed by atoms with Gasteiger partial charge < -0.3 is 24.8 Å². The lowest BCUT2D eigenvalue weighted by molar-refractivity contribution is -0.162. The highest BCUT2D eigenvalue weighted by atomic mass is 16.5. The summed E-state index contributed by atoms with van der Waals surface area (Å²) in [6.07, 6.45) is 1.57. The second-order valence-electron chi connectivity index (χ2n) is 11.2. The highest BCUT2D eigenvalue weighted by molar-refractivity contribution is 5.91. The molecule has 3 aromatic carbocycles. The predicted molar refractivity (Wildman–Crippen MR) is 159 cm³/mol. The van der Waals surface area contributed by atoms with Gasteiger partial charge in [0.05, 0.1) is 12.7 Å². The second-order valence-corrected chi connectivity index (χ2v) is 11.2. The molecule has 2 aliphatic carbocycles. The van der Waals surface area contributed by atoms with Crippen LogP contribution in [0.25, 0.3) is 11.1 Å². The third-order valence-electron chi connectivity index (χ3n) is 8.76. The Labute approximate surface area is 246 Å². The largest absolute Gasteiger partial charge is 0.479 e. The van der Waals surface area contributed by atoms with Crippen LogP contribution >= 0.6 is 0 Å². The number of carboxylic acid groups (broad SMARTS) is 1. The van der Waals surface area contributed by atoms with E-state index in [1.165, 1.54) is 11.9 Å². The smallest absolute Gasteiger partial charge is 0.407 e. The summed E-state index contributed by atoms with van der Waals surface area (Å²) >= 11 is 0. The lowest BCUT2D eigenvalue weighted by atomic mass is 9.80. The Morgan fingerprint density at radius 1 is 0.905 bits per heavy atom. The summed E-state index contributed by atoms with van der Waals surface area (Å²) < 4.78 is 11.8. The predicted octanol–water partition coefficient (Wildman–Crippen LogP) is 5.74. The minimum Gasteiger partial charge on any atom is -0.479 e. The fourth-order valence-corrected chi connectivity index (χ4v) is 6.29. The highest BCUT2D eigenvalue weighted by Gasteiger charge is 2.48. The summed E-state index contributed by atoms with van der Waals surface area (Å²) in [6.45, 7) is 2.03. The van der Waals surface area contributed by atoms with Crippen molar-refractivity contribution in [1.29, 1.82) is 0 Å². The van der Waals surface area contributed by atoms with Crippen LogP contribution in [0.4, 0.5) is 4.79 Å². The first-order valence-electron chi connectivity index (χ1n) is 14.6. The number of carbonyl (C=O) groups is 3. The van der Waals surface area contributed by atoms with Gasteiger partial charge in [-0.15, -0.1) is 0 Å². The molecule has 2 N–H and O–H groups in total. The SMILES string of the molecule is C[C@H](OCc1ccccc1)[C@@H](NC(=O)OCC1c2ccccc2-c2ccccc21)C(=O)N(C)C1(C(=O)O)CCCCC1. The molecule has 0 heterocycles. The number of alkyl carbamates (subject to hydrolysis) is 1. The van der Waals surface area contributed by atoms with E-state index in [-0.39, 0.29) is 19.1 Å². The van der Waals surface area contributed by atoms with Crippen molar-refractivity contribution in [3.05, 3.63) is 95.6 Å². The van der Waals surface area contributed by atoms with E-state index in [1.54, 1.807) is 6.92 Å². The molecule has 0 saturated heterocycles. The molecule has 1 saturated carbocycles. The van der Waals surface area contributed by atoms with E-state index < -0.39 is 35.7 Å². The first-order valence-corrected chi connectivity index (χ1v) is 14.6. The van der Waals surface area contributed by atoms with Gasteiger partial charge in [-0.1, -0.05) is 98.1 Å². The van der Waals surface area contributed by atoms with Crippen molar-refractivity contribution in [2.75, 3.05) is 13.7 Å². The van der Waals surface area contributed by atoms with Crippen LogP contribution in [0, 0.1) is 0 Å². The van der Waals surface area contributed by atoms with E-state index in [0.29, 0.717) is 25.7 Å². The number of benzene rings is 3. The fourth-order valence-electron chi connectivity index (χ4n) is 6.29.